The van der Waals surface area contributed by atoms with Crippen molar-refractivity contribution in [1.82, 2.24) is 4.90 Å². The van der Waals surface area contributed by atoms with Crippen molar-refractivity contribution in [2.24, 2.45) is 0 Å². The van der Waals surface area contributed by atoms with Crippen molar-refractivity contribution < 1.29 is 14.3 Å². The molecule has 0 aliphatic carbocycles. The van der Waals surface area contributed by atoms with E-state index in [1.165, 1.54) is 0 Å². The summed E-state index contributed by atoms with van der Waals surface area (Å²) in [4.78, 5) is 13.0. The third-order valence-electron chi connectivity index (χ3n) is 2.97. The van der Waals surface area contributed by atoms with Gasteiger partial charge in [-0.15, -0.1) is 0 Å². The number of aldehydes is 1. The number of nitrogens with zero attached hydrogens (tertiary/aromatic N) is 1. The number of rotatable bonds is 5. The molecule has 4 nitrogen and oxygen atoms in total. The average Bonchev–Trinajstić information content (AvgIpc) is 2.42. The highest BCUT2D eigenvalue weighted by atomic mass is 16.5. The average molecular weight is 245 g/mol. The van der Waals surface area contributed by atoms with Gasteiger partial charge in [0, 0.05) is 25.2 Å². The van der Waals surface area contributed by atoms with Gasteiger partial charge in [-0.3, -0.25) is 9.69 Å². The molecule has 5 heteroatoms. The highest BCUT2D eigenvalue weighted by Crippen LogP contribution is 2.10. The predicted molar refractivity (Wildman–Crippen MR) is 70.0 cm³/mol. The van der Waals surface area contributed by atoms with Crippen LogP contribution in [-0.4, -0.2) is 58.5 Å². The zero-order valence-electron chi connectivity index (χ0n) is 10.3. The van der Waals surface area contributed by atoms with Gasteiger partial charge in [-0.1, -0.05) is 11.5 Å². The second-order valence-corrected chi connectivity index (χ2v) is 4.21. The number of benzene rings is 1. The molecule has 94 valence electrons. The molecule has 0 bridgehead atoms. The summed E-state index contributed by atoms with van der Waals surface area (Å²) in [7, 11) is 5.64. The largest absolute Gasteiger partial charge is 0.492 e. The quantitative estimate of drug-likeness (QED) is 0.541. The van der Waals surface area contributed by atoms with Gasteiger partial charge >= 0.3 is 0 Å². The topological polar surface area (TPSA) is 38.8 Å². The molecule has 18 heavy (non-hydrogen) atoms. The van der Waals surface area contributed by atoms with Crippen LogP contribution in [0.5, 0.6) is 5.75 Å². The van der Waals surface area contributed by atoms with Crippen LogP contribution in [0.3, 0.4) is 0 Å². The molecule has 0 amide bonds. The van der Waals surface area contributed by atoms with E-state index in [1.807, 2.05) is 0 Å². The van der Waals surface area contributed by atoms with Gasteiger partial charge in [-0.2, -0.15) is 0 Å². The van der Waals surface area contributed by atoms with E-state index >= 15 is 0 Å². The maximum atomic E-state index is 10.7. The Kier molecular flexibility index (Phi) is 4.78. The lowest BCUT2D eigenvalue weighted by atomic mass is 9.91. The van der Waals surface area contributed by atoms with Crippen LogP contribution >= 0.6 is 0 Å². The van der Waals surface area contributed by atoms with Crippen LogP contribution in [0.4, 0.5) is 0 Å². The summed E-state index contributed by atoms with van der Waals surface area (Å²) in [5, 5.41) is 0. The Morgan fingerprint density at radius 2 is 2.17 bits per heavy atom. The van der Waals surface area contributed by atoms with Crippen LogP contribution < -0.4 is 10.2 Å². The fourth-order valence-corrected chi connectivity index (χ4v) is 1.86. The normalized spacial score (nSPS) is 16.4. The van der Waals surface area contributed by atoms with Crippen molar-refractivity contribution >= 4 is 19.6 Å². The van der Waals surface area contributed by atoms with Gasteiger partial charge in [0.1, 0.15) is 26.5 Å². The summed E-state index contributed by atoms with van der Waals surface area (Å²) in [6, 6.07) is 5.14. The van der Waals surface area contributed by atoms with E-state index in [4.69, 9.17) is 17.3 Å². The monoisotopic (exact) mass is 245 g/mol. The van der Waals surface area contributed by atoms with E-state index < -0.39 is 0 Å². The zero-order valence-corrected chi connectivity index (χ0v) is 10.3. The molecule has 1 heterocycles. The minimum absolute atomic E-state index is 0.471. The smallest absolute Gasteiger partial charge is 0.149 e. The minimum atomic E-state index is 0.471. The molecular weight excluding hydrogens is 229 g/mol. The Balaban J connectivity index is 1.80. The van der Waals surface area contributed by atoms with Gasteiger partial charge in [0.15, 0.2) is 0 Å². The number of morpholine rings is 1. The molecule has 0 atom stereocenters. The van der Waals surface area contributed by atoms with Crippen molar-refractivity contribution in [3.05, 3.63) is 23.8 Å². The van der Waals surface area contributed by atoms with E-state index in [0.717, 1.165) is 39.1 Å². The lowest BCUT2D eigenvalue weighted by Crippen LogP contribution is -2.38. The van der Waals surface area contributed by atoms with Crippen LogP contribution in [-0.2, 0) is 4.74 Å². The molecule has 0 aromatic heterocycles. The summed E-state index contributed by atoms with van der Waals surface area (Å²) in [5.74, 6) is 0.680. The zero-order chi connectivity index (χ0) is 12.8. The number of hydrogen-bond donors (Lipinski definition) is 0. The molecule has 1 aromatic rings. The van der Waals surface area contributed by atoms with E-state index in [-0.39, 0.29) is 0 Å². The van der Waals surface area contributed by atoms with Gasteiger partial charge in [0.2, 0.25) is 0 Å². The Morgan fingerprint density at radius 3 is 2.89 bits per heavy atom. The summed E-state index contributed by atoms with van der Waals surface area (Å²) >= 11 is 0. The summed E-state index contributed by atoms with van der Waals surface area (Å²) in [6.45, 7) is 4.94. The van der Waals surface area contributed by atoms with Gasteiger partial charge in [0.05, 0.1) is 13.2 Å². The first-order valence-corrected chi connectivity index (χ1v) is 6.07. The number of hydrogen-bond acceptors (Lipinski definition) is 4. The fourth-order valence-electron chi connectivity index (χ4n) is 1.86. The Morgan fingerprint density at radius 1 is 1.39 bits per heavy atom. The second kappa shape index (κ2) is 6.57. The molecule has 0 saturated carbocycles. The predicted octanol–water partition coefficient (Wildman–Crippen LogP) is 0.00390. The molecule has 0 N–H and O–H groups in total. The molecule has 1 aliphatic heterocycles. The third-order valence-corrected chi connectivity index (χ3v) is 2.97. The lowest BCUT2D eigenvalue weighted by molar-refractivity contribution is 0.0322. The van der Waals surface area contributed by atoms with Crippen molar-refractivity contribution in [2.75, 3.05) is 39.5 Å². The van der Waals surface area contributed by atoms with Crippen molar-refractivity contribution in [2.45, 2.75) is 0 Å². The Hall–Kier alpha value is -1.33. The summed E-state index contributed by atoms with van der Waals surface area (Å²) < 4.78 is 10.9. The molecule has 2 radical (unpaired) electrons. The van der Waals surface area contributed by atoms with E-state index in [9.17, 15) is 4.79 Å². The van der Waals surface area contributed by atoms with E-state index in [0.29, 0.717) is 23.4 Å². The number of ether oxygens (including phenoxy) is 2. The highest BCUT2D eigenvalue weighted by Gasteiger charge is 2.09. The first-order valence-electron chi connectivity index (χ1n) is 6.07. The van der Waals surface area contributed by atoms with E-state index in [2.05, 4.69) is 4.90 Å². The molecule has 1 fully saturated rings. The standard InChI is InChI=1S/C13H16BNO3/c14-13-2-1-12(9-11(13)10-16)18-8-5-15-3-6-17-7-4-15/h1-2,9-10H,3-8H2. The van der Waals surface area contributed by atoms with Crippen LogP contribution in [0.1, 0.15) is 10.4 Å². The van der Waals surface area contributed by atoms with Crippen LogP contribution in [0.25, 0.3) is 0 Å². The SMILES string of the molecule is [B]c1ccc(OCCN2CCOCC2)cc1C=O. The number of carbonyl (C=O) groups is 1. The second-order valence-electron chi connectivity index (χ2n) is 4.21. The molecule has 1 aliphatic rings. The van der Waals surface area contributed by atoms with Gasteiger partial charge in [0.25, 0.3) is 0 Å². The summed E-state index contributed by atoms with van der Waals surface area (Å²) in [5.41, 5.74) is 0.949. The van der Waals surface area contributed by atoms with Crippen LogP contribution in [0.2, 0.25) is 0 Å². The molecule has 2 rings (SSSR count). The molecule has 0 spiro atoms. The van der Waals surface area contributed by atoms with Gasteiger partial charge < -0.3 is 9.47 Å². The third kappa shape index (κ3) is 3.58. The van der Waals surface area contributed by atoms with Crippen molar-refractivity contribution in [1.29, 1.82) is 0 Å². The first-order chi connectivity index (χ1) is 8.79. The van der Waals surface area contributed by atoms with Gasteiger partial charge in [-0.25, -0.2) is 0 Å². The first kappa shape index (κ1) is 13.1. The van der Waals surface area contributed by atoms with Crippen molar-refractivity contribution in [3.8, 4) is 5.75 Å². The molecule has 1 saturated heterocycles. The van der Waals surface area contributed by atoms with E-state index in [1.54, 1.807) is 18.2 Å². The Labute approximate surface area is 108 Å². The highest BCUT2D eigenvalue weighted by molar-refractivity contribution is 6.35. The Bertz CT molecular complexity index is 405. The van der Waals surface area contributed by atoms with Crippen LogP contribution in [0.15, 0.2) is 18.2 Å². The maximum Gasteiger partial charge on any atom is 0.149 e. The fraction of sp³-hybridized carbons (Fsp3) is 0.462. The van der Waals surface area contributed by atoms with Crippen LogP contribution in [0, 0.1) is 0 Å². The lowest BCUT2D eigenvalue weighted by Gasteiger charge is -2.26. The minimum Gasteiger partial charge on any atom is -0.492 e. The van der Waals surface area contributed by atoms with Crippen molar-refractivity contribution in [3.63, 3.8) is 0 Å². The molecular formula is C13H16BNO3. The van der Waals surface area contributed by atoms with Gasteiger partial charge in [-0.05, 0) is 12.1 Å². The summed E-state index contributed by atoms with van der Waals surface area (Å²) in [6.07, 6.45) is 0.740. The molecule has 1 aromatic carbocycles. The maximum absolute atomic E-state index is 10.7. The number of carbonyl (C=O) groups excluding carboxylic acids is 1. The molecule has 0 unspecified atom stereocenters.